The average molecular weight is 293 g/mol. The molecule has 0 N–H and O–H groups in total. The highest BCUT2D eigenvalue weighted by molar-refractivity contribution is 7.78. The van der Waals surface area contributed by atoms with Crippen LogP contribution in [0.3, 0.4) is 0 Å². The zero-order chi connectivity index (χ0) is 14.8. The van der Waals surface area contributed by atoms with E-state index >= 15 is 0 Å². The molecule has 0 amide bonds. The van der Waals surface area contributed by atoms with Gasteiger partial charge in [-0.3, -0.25) is 0 Å². The van der Waals surface area contributed by atoms with E-state index in [2.05, 4.69) is 22.4 Å². The normalized spacial score (nSPS) is 11.0. The minimum absolute atomic E-state index is 0.499. The van der Waals surface area contributed by atoms with Gasteiger partial charge in [-0.25, -0.2) is 0 Å². The summed E-state index contributed by atoms with van der Waals surface area (Å²) in [6.45, 7) is 1.79. The van der Waals surface area contributed by atoms with Gasteiger partial charge in [0.25, 0.3) is 0 Å². The Morgan fingerprint density at radius 2 is 1.80 bits per heavy atom. The van der Waals surface area contributed by atoms with Crippen LogP contribution in [-0.4, -0.2) is 5.16 Å². The molecule has 0 atom stereocenters. The largest absolute Gasteiger partial charge is 0.416 e. The van der Waals surface area contributed by atoms with Crippen molar-refractivity contribution in [1.82, 2.24) is 0 Å². The van der Waals surface area contributed by atoms with E-state index in [0.29, 0.717) is 16.8 Å². The van der Waals surface area contributed by atoms with Crippen LogP contribution in [0, 0.1) is 6.92 Å². The molecule has 0 aliphatic rings. The number of aliphatic imine (C=N–C) groups is 1. The first kappa shape index (κ1) is 14.4. The molecule has 1 nitrogen and oxygen atoms in total. The third-order valence-electron chi connectivity index (χ3n) is 2.97. The predicted molar refractivity (Wildman–Crippen MR) is 76.3 cm³/mol. The van der Waals surface area contributed by atoms with Crippen LogP contribution < -0.4 is 0 Å². The predicted octanol–water partition coefficient (Wildman–Crippen LogP) is 5.42. The molecule has 0 fully saturated rings. The highest BCUT2D eigenvalue weighted by Crippen LogP contribution is 2.34. The molecule has 102 valence electrons. The first-order chi connectivity index (χ1) is 9.43. The molecule has 0 saturated carbocycles. The van der Waals surface area contributed by atoms with E-state index in [1.165, 1.54) is 6.07 Å². The van der Waals surface area contributed by atoms with Crippen molar-refractivity contribution in [2.75, 3.05) is 0 Å². The molecule has 0 aliphatic heterocycles. The number of isothiocyanates is 1. The van der Waals surface area contributed by atoms with Crippen LogP contribution in [0.15, 0.2) is 47.5 Å². The van der Waals surface area contributed by atoms with Gasteiger partial charge in [-0.05, 0) is 54.0 Å². The lowest BCUT2D eigenvalue weighted by molar-refractivity contribution is -0.137. The zero-order valence-electron chi connectivity index (χ0n) is 10.5. The number of nitrogens with zero attached hydrogens (tertiary/aromatic N) is 1. The summed E-state index contributed by atoms with van der Waals surface area (Å²) in [6.07, 6.45) is -4.35. The Morgan fingerprint density at radius 1 is 1.10 bits per heavy atom. The topological polar surface area (TPSA) is 12.4 Å². The number of hydrogen-bond donors (Lipinski definition) is 0. The summed E-state index contributed by atoms with van der Waals surface area (Å²) >= 11 is 4.56. The van der Waals surface area contributed by atoms with Gasteiger partial charge >= 0.3 is 6.18 Å². The first-order valence-electron chi connectivity index (χ1n) is 5.78. The second kappa shape index (κ2) is 5.57. The van der Waals surface area contributed by atoms with Crippen molar-refractivity contribution in [3.05, 3.63) is 53.6 Å². The molecule has 20 heavy (non-hydrogen) atoms. The van der Waals surface area contributed by atoms with Gasteiger partial charge in [0.15, 0.2) is 0 Å². The van der Waals surface area contributed by atoms with Crippen molar-refractivity contribution in [1.29, 1.82) is 0 Å². The summed E-state index contributed by atoms with van der Waals surface area (Å²) in [5, 5.41) is 2.27. The second-order valence-corrected chi connectivity index (χ2v) is 4.41. The van der Waals surface area contributed by atoms with Crippen molar-refractivity contribution in [2.24, 2.45) is 4.99 Å². The molecule has 2 aromatic carbocycles. The fourth-order valence-electron chi connectivity index (χ4n) is 1.97. The van der Waals surface area contributed by atoms with Gasteiger partial charge in [0.05, 0.1) is 16.4 Å². The van der Waals surface area contributed by atoms with E-state index < -0.39 is 11.7 Å². The highest BCUT2D eigenvalue weighted by atomic mass is 32.1. The molecule has 0 saturated heterocycles. The highest BCUT2D eigenvalue weighted by Gasteiger charge is 2.30. The molecular formula is C15H10F3NS. The van der Waals surface area contributed by atoms with E-state index in [4.69, 9.17) is 0 Å². The summed E-state index contributed by atoms with van der Waals surface area (Å²) in [4.78, 5) is 3.91. The monoisotopic (exact) mass is 293 g/mol. The Morgan fingerprint density at radius 3 is 2.45 bits per heavy atom. The number of benzene rings is 2. The molecule has 2 aromatic rings. The lowest BCUT2D eigenvalue weighted by atomic mass is 9.97. The maximum Gasteiger partial charge on any atom is 0.416 e. The van der Waals surface area contributed by atoms with E-state index in [0.717, 1.165) is 17.7 Å². The smallest absolute Gasteiger partial charge is 0.194 e. The lowest BCUT2D eigenvalue weighted by Crippen LogP contribution is -2.04. The molecule has 0 aliphatic carbocycles. The standard InChI is InChI=1S/C15H10F3NS/c1-10-13(6-3-7-14(10)19-9-20)11-4-2-5-12(8-11)15(16,17)18/h2-8H,1H3. The number of rotatable bonds is 2. The van der Waals surface area contributed by atoms with Gasteiger partial charge in [0.1, 0.15) is 0 Å². The molecule has 0 bridgehead atoms. The van der Waals surface area contributed by atoms with E-state index in [1.54, 1.807) is 31.2 Å². The van der Waals surface area contributed by atoms with E-state index in [1.807, 2.05) is 0 Å². The van der Waals surface area contributed by atoms with Gasteiger partial charge in [-0.15, -0.1) is 0 Å². The molecular weight excluding hydrogens is 283 g/mol. The van der Waals surface area contributed by atoms with Crippen molar-refractivity contribution in [3.63, 3.8) is 0 Å². The van der Waals surface area contributed by atoms with Crippen LogP contribution >= 0.6 is 12.2 Å². The summed E-state index contributed by atoms with van der Waals surface area (Å²) in [7, 11) is 0. The van der Waals surface area contributed by atoms with Crippen LogP contribution in [0.2, 0.25) is 0 Å². The van der Waals surface area contributed by atoms with Crippen LogP contribution in [0.5, 0.6) is 0 Å². The Kier molecular flexibility index (Phi) is 4.02. The third kappa shape index (κ3) is 2.95. The van der Waals surface area contributed by atoms with E-state index in [-0.39, 0.29) is 0 Å². The number of thiocarbonyl (C=S) groups is 1. The Labute approximate surface area is 119 Å². The average Bonchev–Trinajstić information content (AvgIpc) is 2.41. The Hall–Kier alpha value is -1.97. The maximum absolute atomic E-state index is 12.7. The molecule has 5 heteroatoms. The van der Waals surface area contributed by atoms with Crippen molar-refractivity contribution < 1.29 is 13.2 Å². The molecule has 0 radical (unpaired) electrons. The number of alkyl halides is 3. The number of hydrogen-bond acceptors (Lipinski definition) is 2. The molecule has 0 heterocycles. The van der Waals surface area contributed by atoms with E-state index in [9.17, 15) is 13.2 Å². The maximum atomic E-state index is 12.7. The van der Waals surface area contributed by atoms with Crippen LogP contribution in [-0.2, 0) is 6.18 Å². The van der Waals surface area contributed by atoms with Gasteiger partial charge in [0.2, 0.25) is 0 Å². The molecule has 2 rings (SSSR count). The Bertz CT molecular complexity index is 686. The zero-order valence-corrected chi connectivity index (χ0v) is 11.3. The van der Waals surface area contributed by atoms with Crippen molar-refractivity contribution in [2.45, 2.75) is 13.1 Å². The van der Waals surface area contributed by atoms with Gasteiger partial charge in [0, 0.05) is 0 Å². The molecule has 0 aromatic heterocycles. The van der Waals surface area contributed by atoms with Crippen molar-refractivity contribution >= 4 is 23.1 Å². The fraction of sp³-hybridized carbons (Fsp3) is 0.133. The molecule has 0 unspecified atom stereocenters. The summed E-state index contributed by atoms with van der Waals surface area (Å²) in [6, 6.07) is 10.5. The summed E-state index contributed by atoms with van der Waals surface area (Å²) in [5.41, 5.74) is 1.90. The van der Waals surface area contributed by atoms with Crippen LogP contribution in [0.4, 0.5) is 18.9 Å². The van der Waals surface area contributed by atoms with Crippen LogP contribution in [0.1, 0.15) is 11.1 Å². The SMILES string of the molecule is Cc1c(N=C=S)cccc1-c1cccc(C(F)(F)F)c1. The quantitative estimate of drug-likeness (QED) is 0.532. The summed E-state index contributed by atoms with van der Waals surface area (Å²) in [5.74, 6) is 0. The number of halogens is 3. The molecule has 0 spiro atoms. The van der Waals surface area contributed by atoms with Gasteiger partial charge in [-0.2, -0.15) is 18.2 Å². The van der Waals surface area contributed by atoms with Gasteiger partial charge in [-0.1, -0.05) is 24.3 Å². The minimum Gasteiger partial charge on any atom is -0.194 e. The summed E-state index contributed by atoms with van der Waals surface area (Å²) < 4.78 is 38.2. The van der Waals surface area contributed by atoms with Crippen molar-refractivity contribution in [3.8, 4) is 11.1 Å². The third-order valence-corrected chi connectivity index (χ3v) is 3.06. The minimum atomic E-state index is -4.35. The fourth-order valence-corrected chi connectivity index (χ4v) is 2.07. The lowest BCUT2D eigenvalue weighted by Gasteiger charge is -2.11. The van der Waals surface area contributed by atoms with Gasteiger partial charge < -0.3 is 0 Å². The Balaban J connectivity index is 2.58. The van der Waals surface area contributed by atoms with Crippen LogP contribution in [0.25, 0.3) is 11.1 Å². The second-order valence-electron chi connectivity index (χ2n) is 4.23. The first-order valence-corrected chi connectivity index (χ1v) is 6.19.